The molecule has 0 saturated heterocycles. The fourth-order valence-corrected chi connectivity index (χ4v) is 5.26. The van der Waals surface area contributed by atoms with Gasteiger partial charge in [-0.2, -0.15) is 10.5 Å². The Balaban J connectivity index is 2.31. The van der Waals surface area contributed by atoms with E-state index in [4.69, 9.17) is 0 Å². The lowest BCUT2D eigenvalue weighted by molar-refractivity contribution is 0.0907. The second-order valence-electron chi connectivity index (χ2n) is 7.54. The SMILES string of the molecule is CCC(F)c1cc(F)cc(C#N)c1Cc1cc(C#N)c(S(C)(=O)=O)c2c1CC(F)C2O. The topological polar surface area (TPSA) is 102 Å². The molecule has 0 aliphatic heterocycles. The fraction of sp³-hybridized carbons (Fsp3) is 0.364. The van der Waals surface area contributed by atoms with Crippen molar-refractivity contribution in [2.45, 2.75) is 49.5 Å². The average Bonchev–Trinajstić information content (AvgIpc) is 3.01. The van der Waals surface area contributed by atoms with Crippen LogP contribution >= 0.6 is 0 Å². The first kappa shape index (κ1) is 22.8. The minimum absolute atomic E-state index is 0.0289. The quantitative estimate of drug-likeness (QED) is 0.747. The number of benzene rings is 2. The molecule has 0 saturated carbocycles. The summed E-state index contributed by atoms with van der Waals surface area (Å²) in [6.45, 7) is 1.56. The van der Waals surface area contributed by atoms with Crippen LogP contribution in [0.25, 0.3) is 0 Å². The first-order valence-electron chi connectivity index (χ1n) is 9.50. The number of hydrogen-bond donors (Lipinski definition) is 1. The Morgan fingerprint density at radius 1 is 1.23 bits per heavy atom. The number of halogens is 3. The highest BCUT2D eigenvalue weighted by Crippen LogP contribution is 2.42. The maximum absolute atomic E-state index is 14.6. The van der Waals surface area contributed by atoms with Gasteiger partial charge in [0.1, 0.15) is 30.3 Å². The van der Waals surface area contributed by atoms with Gasteiger partial charge in [0.25, 0.3) is 0 Å². The van der Waals surface area contributed by atoms with Gasteiger partial charge in [-0.1, -0.05) is 6.92 Å². The number of nitrogens with zero attached hydrogens (tertiary/aromatic N) is 2. The van der Waals surface area contributed by atoms with Crippen molar-refractivity contribution in [1.29, 1.82) is 10.5 Å². The molecule has 2 aromatic carbocycles. The highest BCUT2D eigenvalue weighted by Gasteiger charge is 2.39. The first-order chi connectivity index (χ1) is 14.5. The summed E-state index contributed by atoms with van der Waals surface area (Å²) in [6, 6.07) is 6.82. The molecule has 1 N–H and O–H groups in total. The zero-order valence-electron chi connectivity index (χ0n) is 16.8. The molecular weight excluding hydrogens is 429 g/mol. The summed E-state index contributed by atoms with van der Waals surface area (Å²) in [4.78, 5) is -0.432. The number of aliphatic hydroxyl groups is 1. The average molecular weight is 448 g/mol. The predicted molar refractivity (Wildman–Crippen MR) is 106 cm³/mol. The van der Waals surface area contributed by atoms with Crippen molar-refractivity contribution < 1.29 is 26.7 Å². The van der Waals surface area contributed by atoms with Gasteiger partial charge >= 0.3 is 0 Å². The maximum atomic E-state index is 14.6. The summed E-state index contributed by atoms with van der Waals surface area (Å²) in [5, 5.41) is 29.3. The van der Waals surface area contributed by atoms with Crippen molar-refractivity contribution in [2.24, 2.45) is 0 Å². The summed E-state index contributed by atoms with van der Waals surface area (Å²) in [7, 11) is -3.97. The largest absolute Gasteiger partial charge is 0.385 e. The molecule has 0 amide bonds. The van der Waals surface area contributed by atoms with Crippen molar-refractivity contribution in [1.82, 2.24) is 0 Å². The van der Waals surface area contributed by atoms with Gasteiger partial charge in [0.05, 0.1) is 22.1 Å². The van der Waals surface area contributed by atoms with Crippen molar-refractivity contribution in [3.05, 3.63) is 63.0 Å². The Kier molecular flexibility index (Phi) is 6.13. The van der Waals surface area contributed by atoms with E-state index in [1.165, 1.54) is 6.07 Å². The molecule has 0 radical (unpaired) electrons. The van der Waals surface area contributed by atoms with Gasteiger partial charge in [0.15, 0.2) is 9.84 Å². The number of aliphatic hydroxyl groups excluding tert-OH is 1. The van der Waals surface area contributed by atoms with Crippen molar-refractivity contribution >= 4 is 9.84 Å². The molecule has 162 valence electrons. The van der Waals surface area contributed by atoms with Gasteiger partial charge in [-0.3, -0.25) is 0 Å². The molecule has 1 aliphatic carbocycles. The van der Waals surface area contributed by atoms with E-state index in [0.29, 0.717) is 0 Å². The standard InChI is InChI=1S/C22H19F3N2O3S/c1-3-18(24)17-7-14(23)5-12(9-26)15(17)6-11-4-13(10-27)22(31(2,29)30)20-16(11)8-19(25)21(20)28/h4-5,7,18-19,21,28H,3,6,8H2,1-2H3. The lowest BCUT2D eigenvalue weighted by Crippen LogP contribution is -2.12. The first-order valence-corrected chi connectivity index (χ1v) is 11.4. The summed E-state index contributed by atoms with van der Waals surface area (Å²) in [5.41, 5.74) is 0.0525. The predicted octanol–water partition coefficient (Wildman–Crippen LogP) is 3.91. The number of sulfone groups is 1. The minimum Gasteiger partial charge on any atom is -0.385 e. The molecule has 3 atom stereocenters. The molecule has 3 rings (SSSR count). The van der Waals surface area contributed by atoms with Crippen LogP contribution in [0.2, 0.25) is 0 Å². The normalized spacial score (nSPS) is 18.8. The lowest BCUT2D eigenvalue weighted by atomic mass is 9.88. The van der Waals surface area contributed by atoms with Crippen LogP contribution < -0.4 is 0 Å². The van der Waals surface area contributed by atoms with E-state index < -0.39 is 39.0 Å². The van der Waals surface area contributed by atoms with Gasteiger partial charge in [-0.25, -0.2) is 21.6 Å². The van der Waals surface area contributed by atoms with E-state index in [0.717, 1.165) is 18.4 Å². The second kappa shape index (κ2) is 8.33. The Labute approximate surface area is 178 Å². The van der Waals surface area contributed by atoms with Crippen LogP contribution in [0.4, 0.5) is 13.2 Å². The van der Waals surface area contributed by atoms with Crippen LogP contribution in [0.1, 0.15) is 64.6 Å². The van der Waals surface area contributed by atoms with E-state index in [-0.39, 0.29) is 58.2 Å². The van der Waals surface area contributed by atoms with Crippen LogP contribution in [-0.4, -0.2) is 26.0 Å². The molecular formula is C22H19F3N2O3S. The summed E-state index contributed by atoms with van der Waals surface area (Å²) < 4.78 is 67.5. The van der Waals surface area contributed by atoms with E-state index in [9.17, 15) is 37.2 Å². The van der Waals surface area contributed by atoms with Crippen LogP contribution in [0, 0.1) is 28.5 Å². The fourth-order valence-electron chi connectivity index (χ4n) is 4.11. The third-order valence-electron chi connectivity index (χ3n) is 5.48. The van der Waals surface area contributed by atoms with Gasteiger partial charge in [-0.15, -0.1) is 0 Å². The molecule has 5 nitrogen and oxygen atoms in total. The number of nitriles is 2. The molecule has 2 aromatic rings. The lowest BCUT2D eigenvalue weighted by Gasteiger charge is -2.19. The van der Waals surface area contributed by atoms with Gasteiger partial charge in [0.2, 0.25) is 0 Å². The van der Waals surface area contributed by atoms with Crippen molar-refractivity contribution in [3.63, 3.8) is 0 Å². The van der Waals surface area contributed by atoms with Gasteiger partial charge < -0.3 is 5.11 Å². The highest BCUT2D eigenvalue weighted by molar-refractivity contribution is 7.90. The summed E-state index contributed by atoms with van der Waals surface area (Å²) in [6.07, 6.45) is -4.64. The molecule has 3 unspecified atom stereocenters. The molecule has 0 bridgehead atoms. The zero-order chi connectivity index (χ0) is 23.1. The Bertz CT molecular complexity index is 1250. The minimum atomic E-state index is -3.97. The number of hydrogen-bond acceptors (Lipinski definition) is 5. The monoisotopic (exact) mass is 448 g/mol. The zero-order valence-corrected chi connectivity index (χ0v) is 17.6. The maximum Gasteiger partial charge on any atom is 0.177 e. The van der Waals surface area contributed by atoms with Gasteiger partial charge in [-0.05, 0) is 53.3 Å². The molecule has 9 heteroatoms. The molecule has 1 aliphatic rings. The Hall–Kier alpha value is -2.88. The van der Waals surface area contributed by atoms with Crippen LogP contribution in [0.3, 0.4) is 0 Å². The smallest absolute Gasteiger partial charge is 0.177 e. The Morgan fingerprint density at radius 3 is 2.42 bits per heavy atom. The second-order valence-corrected chi connectivity index (χ2v) is 9.49. The molecule has 0 spiro atoms. The van der Waals surface area contributed by atoms with Crippen molar-refractivity contribution in [3.8, 4) is 12.1 Å². The van der Waals surface area contributed by atoms with Gasteiger partial charge in [0, 0.05) is 18.2 Å². The number of rotatable bonds is 5. The summed E-state index contributed by atoms with van der Waals surface area (Å²) >= 11 is 0. The van der Waals surface area contributed by atoms with Crippen LogP contribution in [0.5, 0.6) is 0 Å². The van der Waals surface area contributed by atoms with E-state index in [2.05, 4.69) is 0 Å². The van der Waals surface area contributed by atoms with E-state index >= 15 is 0 Å². The van der Waals surface area contributed by atoms with Crippen LogP contribution in [-0.2, 0) is 22.7 Å². The summed E-state index contributed by atoms with van der Waals surface area (Å²) in [5.74, 6) is -0.777. The molecule has 31 heavy (non-hydrogen) atoms. The third-order valence-corrected chi connectivity index (χ3v) is 6.66. The Morgan fingerprint density at radius 2 is 1.87 bits per heavy atom. The number of alkyl halides is 2. The van der Waals surface area contributed by atoms with E-state index in [1.54, 1.807) is 13.0 Å². The van der Waals surface area contributed by atoms with Crippen molar-refractivity contribution in [2.75, 3.05) is 6.26 Å². The molecule has 0 aromatic heterocycles. The highest BCUT2D eigenvalue weighted by atomic mass is 32.2. The van der Waals surface area contributed by atoms with E-state index in [1.807, 2.05) is 6.07 Å². The molecule has 0 heterocycles. The number of fused-ring (bicyclic) bond motifs is 1. The van der Waals surface area contributed by atoms with Crippen LogP contribution in [0.15, 0.2) is 23.1 Å². The molecule has 0 fully saturated rings. The third kappa shape index (κ3) is 4.04.